The van der Waals surface area contributed by atoms with Crippen LogP contribution in [0.5, 0.6) is 5.75 Å². The van der Waals surface area contributed by atoms with Crippen LogP contribution in [0.25, 0.3) is 0 Å². The Balaban J connectivity index is 2.05. The second-order valence-electron chi connectivity index (χ2n) is 3.97. The lowest BCUT2D eigenvalue weighted by Gasteiger charge is -2.07. The van der Waals surface area contributed by atoms with Crippen LogP contribution >= 0.6 is 23.2 Å². The molecule has 5 heteroatoms. The summed E-state index contributed by atoms with van der Waals surface area (Å²) >= 11 is 11.8. The average molecular weight is 296 g/mol. The zero-order valence-electron chi connectivity index (χ0n) is 9.86. The first kappa shape index (κ1) is 13.7. The number of hydrogen-bond acceptors (Lipinski definition) is 2. The predicted molar refractivity (Wildman–Crippen MR) is 75.7 cm³/mol. The van der Waals surface area contributed by atoms with Crippen LogP contribution in [0.2, 0.25) is 10.0 Å². The van der Waals surface area contributed by atoms with Crippen LogP contribution in [-0.4, -0.2) is 11.0 Å². The lowest BCUT2D eigenvalue weighted by molar-refractivity contribution is 0.0951. The Morgan fingerprint density at radius 1 is 1.11 bits per heavy atom. The van der Waals surface area contributed by atoms with Gasteiger partial charge in [-0.05, 0) is 35.9 Å². The van der Waals surface area contributed by atoms with Crippen LogP contribution in [0.15, 0.2) is 42.5 Å². The van der Waals surface area contributed by atoms with Crippen LogP contribution in [0.4, 0.5) is 0 Å². The predicted octanol–water partition coefficient (Wildman–Crippen LogP) is 3.63. The number of rotatable bonds is 3. The van der Waals surface area contributed by atoms with E-state index in [9.17, 15) is 4.79 Å². The van der Waals surface area contributed by atoms with Gasteiger partial charge in [0.25, 0.3) is 5.91 Å². The molecule has 0 aliphatic carbocycles. The molecule has 0 aliphatic rings. The van der Waals surface area contributed by atoms with Crippen molar-refractivity contribution in [2.24, 2.45) is 0 Å². The summed E-state index contributed by atoms with van der Waals surface area (Å²) < 4.78 is 0. The first-order chi connectivity index (χ1) is 9.06. The number of carbonyl (C=O) groups is 1. The van der Waals surface area contributed by atoms with Gasteiger partial charge in [-0.15, -0.1) is 0 Å². The third-order valence-corrected chi connectivity index (χ3v) is 3.13. The van der Waals surface area contributed by atoms with E-state index in [1.165, 1.54) is 6.07 Å². The van der Waals surface area contributed by atoms with E-state index in [1.807, 2.05) is 0 Å². The van der Waals surface area contributed by atoms with E-state index < -0.39 is 0 Å². The Labute approximate surface area is 120 Å². The molecule has 0 bridgehead atoms. The van der Waals surface area contributed by atoms with Gasteiger partial charge in [0.2, 0.25) is 0 Å². The standard InChI is InChI=1S/C14H11Cl2NO2/c15-10-3-6-13(16)12(7-10)14(19)17-8-9-1-4-11(18)5-2-9/h1-7,18H,8H2,(H,17,19). The summed E-state index contributed by atoms with van der Waals surface area (Å²) in [5.74, 6) is -0.103. The number of amides is 1. The van der Waals surface area contributed by atoms with Crippen molar-refractivity contribution in [2.45, 2.75) is 6.54 Å². The zero-order chi connectivity index (χ0) is 13.8. The van der Waals surface area contributed by atoms with Crippen molar-refractivity contribution in [3.05, 3.63) is 63.6 Å². The van der Waals surface area contributed by atoms with E-state index in [2.05, 4.69) is 5.32 Å². The van der Waals surface area contributed by atoms with Gasteiger partial charge in [0, 0.05) is 11.6 Å². The van der Waals surface area contributed by atoms with Gasteiger partial charge in [-0.25, -0.2) is 0 Å². The minimum absolute atomic E-state index is 0.188. The van der Waals surface area contributed by atoms with Crippen LogP contribution in [0.1, 0.15) is 15.9 Å². The minimum Gasteiger partial charge on any atom is -0.508 e. The molecule has 0 saturated carbocycles. The Kier molecular flexibility index (Phi) is 4.30. The normalized spacial score (nSPS) is 10.2. The van der Waals surface area contributed by atoms with Crippen molar-refractivity contribution in [1.29, 1.82) is 0 Å². The highest BCUT2D eigenvalue weighted by Crippen LogP contribution is 2.20. The van der Waals surface area contributed by atoms with Crippen LogP contribution in [0, 0.1) is 0 Å². The number of hydrogen-bond donors (Lipinski definition) is 2. The highest BCUT2D eigenvalue weighted by Gasteiger charge is 2.10. The number of nitrogens with one attached hydrogen (secondary N) is 1. The fourth-order valence-electron chi connectivity index (χ4n) is 1.56. The average Bonchev–Trinajstić information content (AvgIpc) is 2.40. The van der Waals surface area contributed by atoms with Crippen molar-refractivity contribution in [2.75, 3.05) is 0 Å². The third-order valence-electron chi connectivity index (χ3n) is 2.56. The zero-order valence-corrected chi connectivity index (χ0v) is 11.4. The first-order valence-electron chi connectivity index (χ1n) is 5.57. The van der Waals surface area contributed by atoms with Crippen molar-refractivity contribution in [3.63, 3.8) is 0 Å². The molecule has 0 heterocycles. The molecule has 19 heavy (non-hydrogen) atoms. The van der Waals surface area contributed by atoms with Gasteiger partial charge in [-0.3, -0.25) is 4.79 Å². The molecule has 0 radical (unpaired) electrons. The van der Waals surface area contributed by atoms with Crippen molar-refractivity contribution in [3.8, 4) is 5.75 Å². The van der Waals surface area contributed by atoms with Gasteiger partial charge in [-0.2, -0.15) is 0 Å². The maximum atomic E-state index is 12.0. The molecular formula is C14H11Cl2NO2. The maximum Gasteiger partial charge on any atom is 0.253 e. The van der Waals surface area contributed by atoms with Gasteiger partial charge < -0.3 is 10.4 Å². The molecular weight excluding hydrogens is 285 g/mol. The first-order valence-corrected chi connectivity index (χ1v) is 6.33. The van der Waals surface area contributed by atoms with Crippen molar-refractivity contribution < 1.29 is 9.90 Å². The molecule has 98 valence electrons. The Morgan fingerprint density at radius 2 is 1.79 bits per heavy atom. The highest BCUT2D eigenvalue weighted by molar-refractivity contribution is 6.35. The summed E-state index contributed by atoms with van der Waals surface area (Å²) in [4.78, 5) is 12.0. The highest BCUT2D eigenvalue weighted by atomic mass is 35.5. The molecule has 0 atom stereocenters. The van der Waals surface area contributed by atoms with Crippen molar-refractivity contribution in [1.82, 2.24) is 5.32 Å². The lowest BCUT2D eigenvalue weighted by Crippen LogP contribution is -2.23. The molecule has 2 N–H and O–H groups in total. The molecule has 0 spiro atoms. The number of phenols is 1. The summed E-state index contributed by atoms with van der Waals surface area (Å²) in [6, 6.07) is 11.3. The Morgan fingerprint density at radius 3 is 2.47 bits per heavy atom. The summed E-state index contributed by atoms with van der Waals surface area (Å²) in [6.07, 6.45) is 0. The topological polar surface area (TPSA) is 49.3 Å². The molecule has 0 saturated heterocycles. The summed E-state index contributed by atoms with van der Waals surface area (Å²) in [5, 5.41) is 12.7. The van der Waals surface area contributed by atoms with Crippen LogP contribution in [0.3, 0.4) is 0 Å². The Bertz CT molecular complexity index is 597. The van der Waals surface area contributed by atoms with Gasteiger partial charge in [0.05, 0.1) is 10.6 Å². The lowest BCUT2D eigenvalue weighted by atomic mass is 10.2. The summed E-state index contributed by atoms with van der Waals surface area (Å²) in [7, 11) is 0. The van der Waals surface area contributed by atoms with Gasteiger partial charge in [0.1, 0.15) is 5.75 Å². The minimum atomic E-state index is -0.291. The quantitative estimate of drug-likeness (QED) is 0.908. The van der Waals surface area contributed by atoms with Gasteiger partial charge in [-0.1, -0.05) is 35.3 Å². The molecule has 0 aliphatic heterocycles. The number of halogens is 2. The summed E-state index contributed by atoms with van der Waals surface area (Å²) in [5.41, 5.74) is 1.22. The third kappa shape index (κ3) is 3.63. The molecule has 0 aromatic heterocycles. The number of aromatic hydroxyl groups is 1. The van der Waals surface area contributed by atoms with Gasteiger partial charge >= 0.3 is 0 Å². The van der Waals surface area contributed by atoms with E-state index in [4.69, 9.17) is 28.3 Å². The molecule has 1 amide bonds. The van der Waals surface area contributed by atoms with Gasteiger partial charge in [0.15, 0.2) is 0 Å². The number of carbonyl (C=O) groups excluding carboxylic acids is 1. The Hall–Kier alpha value is -1.71. The maximum absolute atomic E-state index is 12.0. The molecule has 0 fully saturated rings. The monoisotopic (exact) mass is 295 g/mol. The fourth-order valence-corrected chi connectivity index (χ4v) is 1.94. The largest absolute Gasteiger partial charge is 0.508 e. The van der Waals surface area contributed by atoms with Crippen LogP contribution in [-0.2, 0) is 6.54 Å². The number of benzene rings is 2. The molecule has 0 unspecified atom stereocenters. The molecule has 3 nitrogen and oxygen atoms in total. The second-order valence-corrected chi connectivity index (χ2v) is 4.82. The molecule has 2 aromatic rings. The van der Waals surface area contributed by atoms with E-state index in [0.29, 0.717) is 22.2 Å². The fraction of sp³-hybridized carbons (Fsp3) is 0.0714. The van der Waals surface area contributed by atoms with E-state index in [-0.39, 0.29) is 11.7 Å². The summed E-state index contributed by atoms with van der Waals surface area (Å²) in [6.45, 7) is 0.349. The van der Waals surface area contributed by atoms with Crippen molar-refractivity contribution >= 4 is 29.1 Å². The smallest absolute Gasteiger partial charge is 0.253 e. The number of phenolic OH excluding ortho intramolecular Hbond substituents is 1. The van der Waals surface area contributed by atoms with Crippen LogP contribution < -0.4 is 5.32 Å². The van der Waals surface area contributed by atoms with E-state index in [1.54, 1.807) is 36.4 Å². The SMILES string of the molecule is O=C(NCc1ccc(O)cc1)c1cc(Cl)ccc1Cl. The molecule has 2 aromatic carbocycles. The van der Waals surface area contributed by atoms with E-state index in [0.717, 1.165) is 5.56 Å². The second kappa shape index (κ2) is 5.95. The molecule has 2 rings (SSSR count). The van der Waals surface area contributed by atoms with E-state index >= 15 is 0 Å².